The maximum absolute atomic E-state index is 13.3. The molecule has 1 aromatic heterocycles. The van der Waals surface area contributed by atoms with Crippen molar-refractivity contribution in [3.05, 3.63) is 34.1 Å². The summed E-state index contributed by atoms with van der Waals surface area (Å²) in [6.45, 7) is 1.74. The number of aromatic amines is 1. The molecule has 2 aromatic rings. The van der Waals surface area contributed by atoms with Gasteiger partial charge in [0, 0.05) is 17.5 Å². The van der Waals surface area contributed by atoms with Gasteiger partial charge in [-0.15, -0.1) is 0 Å². The number of H-pyrrole nitrogens is 1. The van der Waals surface area contributed by atoms with Crippen molar-refractivity contribution in [3.63, 3.8) is 0 Å². The van der Waals surface area contributed by atoms with Crippen LogP contribution in [-0.4, -0.2) is 29.9 Å². The summed E-state index contributed by atoms with van der Waals surface area (Å²) in [6, 6.07) is 1.79. The van der Waals surface area contributed by atoms with Crippen molar-refractivity contribution in [2.24, 2.45) is 0 Å². The predicted octanol–water partition coefficient (Wildman–Crippen LogP) is 4.09. The van der Waals surface area contributed by atoms with E-state index in [0.717, 1.165) is 17.0 Å². The van der Waals surface area contributed by atoms with E-state index >= 15 is 0 Å². The highest BCUT2D eigenvalue weighted by atomic mass is 19.4. The van der Waals surface area contributed by atoms with E-state index in [1.807, 2.05) is 0 Å². The fourth-order valence-corrected chi connectivity index (χ4v) is 3.02. The molecule has 0 saturated heterocycles. The fourth-order valence-electron chi connectivity index (χ4n) is 3.02. The molecule has 0 unspecified atom stereocenters. The highest BCUT2D eigenvalue weighted by Gasteiger charge is 2.40. The Morgan fingerprint density at radius 1 is 1.12 bits per heavy atom. The third-order valence-corrected chi connectivity index (χ3v) is 4.37. The molecular formula is C16H14F6N2O2. The van der Waals surface area contributed by atoms with Crippen LogP contribution in [0.5, 0.6) is 5.75 Å². The van der Waals surface area contributed by atoms with Crippen LogP contribution < -0.4 is 15.2 Å². The Labute approximate surface area is 143 Å². The van der Waals surface area contributed by atoms with Crippen LogP contribution in [0.15, 0.2) is 23.0 Å². The third kappa shape index (κ3) is 3.32. The first kappa shape index (κ1) is 18.4. The van der Waals surface area contributed by atoms with Gasteiger partial charge in [0.1, 0.15) is 18.4 Å². The van der Waals surface area contributed by atoms with Gasteiger partial charge < -0.3 is 14.6 Å². The number of benzene rings is 1. The number of alkyl halides is 6. The standard InChI is InChI=1S/C16H14F6N2O2/c1-7-8(2)26-13-5-11-9(3-12(13)24(7)6-15(17,18)19)10(16(20,21)22)4-14(25)23-11/h3-5,7-8H,6H2,1-2H3,(H,23,25)/t7-,8+/m1/s1. The van der Waals surface area contributed by atoms with Gasteiger partial charge in [-0.1, -0.05) is 0 Å². The lowest BCUT2D eigenvalue weighted by Crippen LogP contribution is -2.50. The van der Waals surface area contributed by atoms with Crippen molar-refractivity contribution in [2.45, 2.75) is 38.3 Å². The van der Waals surface area contributed by atoms with Gasteiger partial charge in [-0.3, -0.25) is 4.79 Å². The number of nitrogens with one attached hydrogen (secondary N) is 1. The number of pyridine rings is 1. The Kier molecular flexibility index (Phi) is 4.12. The van der Waals surface area contributed by atoms with Crippen molar-refractivity contribution in [1.29, 1.82) is 0 Å². The van der Waals surface area contributed by atoms with Gasteiger partial charge in [-0.2, -0.15) is 26.3 Å². The summed E-state index contributed by atoms with van der Waals surface area (Å²) in [5.74, 6) is -0.0117. The number of hydrogen-bond acceptors (Lipinski definition) is 3. The zero-order valence-electron chi connectivity index (χ0n) is 13.6. The number of halogens is 6. The van der Waals surface area contributed by atoms with Crippen LogP contribution in [0.2, 0.25) is 0 Å². The van der Waals surface area contributed by atoms with Crippen molar-refractivity contribution in [1.82, 2.24) is 4.98 Å². The summed E-state index contributed by atoms with van der Waals surface area (Å²) in [5.41, 5.74) is -2.43. The van der Waals surface area contributed by atoms with Gasteiger partial charge in [0.25, 0.3) is 0 Å². The molecule has 1 N–H and O–H groups in total. The highest BCUT2D eigenvalue weighted by Crippen LogP contribution is 2.43. The van der Waals surface area contributed by atoms with E-state index in [0.29, 0.717) is 6.07 Å². The molecule has 10 heteroatoms. The average Bonchev–Trinajstić information content (AvgIpc) is 2.47. The smallest absolute Gasteiger partial charge is 0.417 e. The van der Waals surface area contributed by atoms with E-state index in [2.05, 4.69) is 4.98 Å². The maximum atomic E-state index is 13.3. The van der Waals surface area contributed by atoms with Gasteiger partial charge in [0.05, 0.1) is 22.8 Å². The number of hydrogen-bond donors (Lipinski definition) is 1. The number of anilines is 1. The summed E-state index contributed by atoms with van der Waals surface area (Å²) >= 11 is 0. The third-order valence-electron chi connectivity index (χ3n) is 4.37. The first-order valence-electron chi connectivity index (χ1n) is 7.65. The van der Waals surface area contributed by atoms with E-state index < -0.39 is 47.6 Å². The topological polar surface area (TPSA) is 45.3 Å². The Morgan fingerprint density at radius 2 is 1.77 bits per heavy atom. The van der Waals surface area contributed by atoms with Crippen LogP contribution in [0.25, 0.3) is 10.9 Å². The van der Waals surface area contributed by atoms with Crippen LogP contribution in [0.4, 0.5) is 32.0 Å². The molecule has 0 bridgehead atoms. The molecule has 2 heterocycles. The summed E-state index contributed by atoms with van der Waals surface area (Å²) in [7, 11) is 0. The molecule has 0 spiro atoms. The molecule has 26 heavy (non-hydrogen) atoms. The quantitative estimate of drug-likeness (QED) is 0.759. The minimum atomic E-state index is -4.83. The normalized spacial score (nSPS) is 20.8. The Hall–Kier alpha value is -2.39. The molecule has 1 aliphatic rings. The van der Waals surface area contributed by atoms with Gasteiger partial charge in [0.15, 0.2) is 0 Å². The highest BCUT2D eigenvalue weighted by molar-refractivity contribution is 5.89. The Morgan fingerprint density at radius 3 is 2.35 bits per heavy atom. The lowest BCUT2D eigenvalue weighted by molar-refractivity contribution is -0.136. The molecule has 142 valence electrons. The minimum absolute atomic E-state index is 0.0117. The molecule has 2 atom stereocenters. The summed E-state index contributed by atoms with van der Waals surface area (Å²) in [6.07, 6.45) is -10.0. The number of aromatic nitrogens is 1. The lowest BCUT2D eigenvalue weighted by atomic mass is 10.0. The zero-order valence-corrected chi connectivity index (χ0v) is 13.6. The number of rotatable bonds is 1. The Bertz CT molecular complexity index is 902. The van der Waals surface area contributed by atoms with Crippen LogP contribution in [0, 0.1) is 0 Å². The first-order valence-corrected chi connectivity index (χ1v) is 7.65. The predicted molar refractivity (Wildman–Crippen MR) is 82.5 cm³/mol. The summed E-state index contributed by atoms with van der Waals surface area (Å²) in [5, 5.41) is -0.395. The van der Waals surface area contributed by atoms with Crippen LogP contribution in [0.1, 0.15) is 19.4 Å². The van der Waals surface area contributed by atoms with Crippen LogP contribution in [0.3, 0.4) is 0 Å². The molecule has 4 nitrogen and oxygen atoms in total. The van der Waals surface area contributed by atoms with Gasteiger partial charge >= 0.3 is 12.4 Å². The van der Waals surface area contributed by atoms with E-state index in [1.165, 1.54) is 6.92 Å². The molecule has 3 rings (SSSR count). The second kappa shape index (κ2) is 5.82. The zero-order chi connectivity index (χ0) is 19.4. The van der Waals surface area contributed by atoms with E-state index in [4.69, 9.17) is 4.74 Å². The molecule has 1 aliphatic heterocycles. The lowest BCUT2D eigenvalue weighted by Gasteiger charge is -2.41. The van der Waals surface area contributed by atoms with Crippen molar-refractivity contribution < 1.29 is 31.1 Å². The molecule has 0 aliphatic carbocycles. The maximum Gasteiger partial charge on any atom is 0.417 e. The Balaban J connectivity index is 2.27. The largest absolute Gasteiger partial charge is 0.486 e. The second-order valence-electron chi connectivity index (χ2n) is 6.22. The second-order valence-corrected chi connectivity index (χ2v) is 6.22. The van der Waals surface area contributed by atoms with Gasteiger partial charge in [-0.25, -0.2) is 0 Å². The molecule has 0 amide bonds. The van der Waals surface area contributed by atoms with E-state index in [-0.39, 0.29) is 17.0 Å². The summed E-state index contributed by atoms with van der Waals surface area (Å²) in [4.78, 5) is 14.8. The number of ether oxygens (including phenoxy) is 1. The average molecular weight is 380 g/mol. The molecule has 0 saturated carbocycles. The monoisotopic (exact) mass is 380 g/mol. The van der Waals surface area contributed by atoms with E-state index in [1.54, 1.807) is 6.92 Å². The van der Waals surface area contributed by atoms with Crippen LogP contribution >= 0.6 is 0 Å². The van der Waals surface area contributed by atoms with Crippen LogP contribution in [-0.2, 0) is 6.18 Å². The van der Waals surface area contributed by atoms with Crippen molar-refractivity contribution >= 4 is 16.6 Å². The molecular weight excluding hydrogens is 366 g/mol. The number of nitrogens with zero attached hydrogens (tertiary/aromatic N) is 1. The first-order chi connectivity index (χ1) is 11.9. The van der Waals surface area contributed by atoms with Crippen molar-refractivity contribution in [3.8, 4) is 5.75 Å². The van der Waals surface area contributed by atoms with Gasteiger partial charge in [0.2, 0.25) is 5.56 Å². The van der Waals surface area contributed by atoms with E-state index in [9.17, 15) is 31.1 Å². The molecule has 0 fully saturated rings. The van der Waals surface area contributed by atoms with Crippen molar-refractivity contribution in [2.75, 3.05) is 11.4 Å². The molecule has 0 radical (unpaired) electrons. The SMILES string of the molecule is C[C@@H]1Oc2cc3[nH]c(=O)cc(C(F)(F)F)c3cc2N(CC(F)(F)F)[C@@H]1C. The van der Waals surface area contributed by atoms with Gasteiger partial charge in [-0.05, 0) is 19.9 Å². The minimum Gasteiger partial charge on any atom is -0.486 e. The number of fused-ring (bicyclic) bond motifs is 2. The summed E-state index contributed by atoms with van der Waals surface area (Å²) < 4.78 is 84.2. The molecule has 1 aromatic carbocycles. The fraction of sp³-hybridized carbons (Fsp3) is 0.438.